The van der Waals surface area contributed by atoms with E-state index in [-0.39, 0.29) is 23.0 Å². The second kappa shape index (κ2) is 5.32. The molecule has 72 valence electrons. The first-order valence-corrected chi connectivity index (χ1v) is 3.46. The third-order valence-corrected chi connectivity index (χ3v) is 0.931. The molecule has 3 nitrogen and oxygen atoms in total. The Bertz CT molecular complexity index is 172. The van der Waals surface area contributed by atoms with Crippen LogP contribution in [0.15, 0.2) is 12.2 Å². The number of carbonyl (C=O) groups is 1. The number of hydrogen-bond donors (Lipinski definition) is 0. The lowest BCUT2D eigenvalue weighted by Crippen LogP contribution is -3.00. The molecular weight excluding hydrogens is 222 g/mol. The van der Waals surface area contributed by atoms with Crippen molar-refractivity contribution in [3.63, 3.8) is 0 Å². The summed E-state index contributed by atoms with van der Waals surface area (Å²) in [7, 11) is 5.85. The van der Waals surface area contributed by atoms with E-state index in [4.69, 9.17) is 4.74 Å². The van der Waals surface area contributed by atoms with Gasteiger partial charge < -0.3 is 21.7 Å². The summed E-state index contributed by atoms with van der Waals surface area (Å²) in [5.41, 5.74) is 0.443. The van der Waals surface area contributed by atoms with Gasteiger partial charge >= 0.3 is 5.97 Å². The standard InChI is InChI=1S/C8H16NO2.BrH/c1-7(2)8(10)11-6-9(3,4)5;/h1,6H2,2-5H3;1H/q+1;/p-1. The van der Waals surface area contributed by atoms with Crippen molar-refractivity contribution in [3.05, 3.63) is 12.2 Å². The van der Waals surface area contributed by atoms with Gasteiger partial charge in [-0.3, -0.25) is 4.48 Å². The highest BCUT2D eigenvalue weighted by molar-refractivity contribution is 5.86. The molecule has 0 bridgehead atoms. The van der Waals surface area contributed by atoms with Gasteiger partial charge in [0.1, 0.15) is 0 Å². The number of halogens is 1. The minimum atomic E-state index is -0.321. The fourth-order valence-electron chi connectivity index (χ4n) is 0.375. The van der Waals surface area contributed by atoms with Crippen molar-refractivity contribution in [3.8, 4) is 0 Å². The van der Waals surface area contributed by atoms with E-state index in [2.05, 4.69) is 6.58 Å². The van der Waals surface area contributed by atoms with Crippen LogP contribution >= 0.6 is 0 Å². The van der Waals surface area contributed by atoms with Gasteiger partial charge in [-0.1, -0.05) is 6.58 Å². The van der Waals surface area contributed by atoms with E-state index in [1.54, 1.807) is 6.92 Å². The van der Waals surface area contributed by atoms with Crippen LogP contribution < -0.4 is 17.0 Å². The van der Waals surface area contributed by atoms with Crippen molar-refractivity contribution in [1.29, 1.82) is 0 Å². The Balaban J connectivity index is 0. The fourth-order valence-corrected chi connectivity index (χ4v) is 0.375. The molecule has 0 aromatic carbocycles. The van der Waals surface area contributed by atoms with Gasteiger partial charge in [0.05, 0.1) is 21.1 Å². The number of carbonyl (C=O) groups excluding carboxylic acids is 1. The molecule has 0 N–H and O–H groups in total. The van der Waals surface area contributed by atoms with Crippen LogP contribution in [0.1, 0.15) is 6.92 Å². The maximum Gasteiger partial charge on any atom is 0.337 e. The monoisotopic (exact) mass is 237 g/mol. The molecule has 0 spiro atoms. The number of nitrogens with zero attached hydrogens (tertiary/aromatic N) is 1. The molecule has 0 aromatic heterocycles. The zero-order chi connectivity index (χ0) is 9.07. The van der Waals surface area contributed by atoms with Crippen molar-refractivity contribution >= 4 is 5.97 Å². The summed E-state index contributed by atoms with van der Waals surface area (Å²) < 4.78 is 5.51. The van der Waals surface area contributed by atoms with Crippen molar-refractivity contribution in [2.24, 2.45) is 0 Å². The van der Waals surface area contributed by atoms with Crippen molar-refractivity contribution in [1.82, 2.24) is 0 Å². The molecule has 0 amide bonds. The predicted molar refractivity (Wildman–Crippen MR) is 43.8 cm³/mol. The Morgan fingerprint density at radius 3 is 2.08 bits per heavy atom. The average molecular weight is 238 g/mol. The van der Waals surface area contributed by atoms with Gasteiger partial charge in [-0.2, -0.15) is 0 Å². The summed E-state index contributed by atoms with van der Waals surface area (Å²) in [6.45, 7) is 5.49. The Labute approximate surface area is 84.4 Å². The molecule has 0 unspecified atom stereocenters. The SMILES string of the molecule is C=C(C)C(=O)OC[N+](C)(C)C.[Br-]. The Morgan fingerprint density at radius 2 is 1.83 bits per heavy atom. The van der Waals surface area contributed by atoms with Gasteiger partial charge in [0.2, 0.25) is 6.73 Å². The second-order valence-corrected chi connectivity index (χ2v) is 3.63. The van der Waals surface area contributed by atoms with Crippen LogP contribution in [0.2, 0.25) is 0 Å². The lowest BCUT2D eigenvalue weighted by atomic mass is 10.4. The molecule has 0 fully saturated rings. The van der Waals surface area contributed by atoms with Crippen LogP contribution in [0, 0.1) is 0 Å². The van der Waals surface area contributed by atoms with Crippen LogP contribution in [0.4, 0.5) is 0 Å². The first kappa shape index (κ1) is 14.2. The van der Waals surface area contributed by atoms with Gasteiger partial charge in [0, 0.05) is 5.57 Å². The molecule has 0 atom stereocenters. The molecule has 4 heteroatoms. The molecular formula is C8H16BrNO2. The smallest absolute Gasteiger partial charge is 0.337 e. The third kappa shape index (κ3) is 7.75. The van der Waals surface area contributed by atoms with Crippen LogP contribution in [0.3, 0.4) is 0 Å². The zero-order valence-corrected chi connectivity index (χ0v) is 9.64. The van der Waals surface area contributed by atoms with E-state index in [1.807, 2.05) is 21.1 Å². The summed E-state index contributed by atoms with van der Waals surface area (Å²) in [5.74, 6) is -0.321. The predicted octanol–water partition coefficient (Wildman–Crippen LogP) is -2.23. The maximum atomic E-state index is 10.9. The molecule has 0 aliphatic rings. The van der Waals surface area contributed by atoms with Gasteiger partial charge in [-0.05, 0) is 6.92 Å². The van der Waals surface area contributed by atoms with Gasteiger partial charge in [0.25, 0.3) is 0 Å². The van der Waals surface area contributed by atoms with Crippen LogP contribution in [-0.4, -0.2) is 38.3 Å². The third-order valence-electron chi connectivity index (χ3n) is 0.931. The van der Waals surface area contributed by atoms with Crippen LogP contribution in [-0.2, 0) is 9.53 Å². The summed E-state index contributed by atoms with van der Waals surface area (Å²) in [6.07, 6.45) is 0. The Morgan fingerprint density at radius 1 is 1.42 bits per heavy atom. The molecule has 0 saturated heterocycles. The maximum absolute atomic E-state index is 10.9. The number of esters is 1. The molecule has 0 saturated carbocycles. The van der Waals surface area contributed by atoms with E-state index < -0.39 is 0 Å². The molecule has 0 heterocycles. The lowest BCUT2D eigenvalue weighted by molar-refractivity contribution is -0.888. The normalized spacial score (nSPS) is 10.0. The Hall–Kier alpha value is -0.350. The van der Waals surface area contributed by atoms with E-state index in [0.717, 1.165) is 0 Å². The first-order chi connectivity index (χ1) is 4.83. The quantitative estimate of drug-likeness (QED) is 0.241. The fraction of sp³-hybridized carbons (Fsp3) is 0.625. The number of quaternary nitrogens is 1. The summed E-state index contributed by atoms with van der Waals surface area (Å²) >= 11 is 0. The van der Waals surface area contributed by atoms with Crippen molar-refractivity contribution in [2.45, 2.75) is 6.92 Å². The van der Waals surface area contributed by atoms with E-state index in [9.17, 15) is 4.79 Å². The molecule has 0 aromatic rings. The topological polar surface area (TPSA) is 26.3 Å². The molecule has 0 aliphatic heterocycles. The van der Waals surface area contributed by atoms with Gasteiger partial charge in [-0.15, -0.1) is 0 Å². The molecule has 0 aliphatic carbocycles. The zero-order valence-electron chi connectivity index (χ0n) is 8.06. The van der Waals surface area contributed by atoms with Gasteiger partial charge in [0.15, 0.2) is 0 Å². The molecule has 12 heavy (non-hydrogen) atoms. The highest BCUT2D eigenvalue weighted by atomic mass is 79.9. The van der Waals surface area contributed by atoms with Crippen LogP contribution in [0.5, 0.6) is 0 Å². The largest absolute Gasteiger partial charge is 1.00 e. The van der Waals surface area contributed by atoms with E-state index >= 15 is 0 Å². The summed E-state index contributed by atoms with van der Waals surface area (Å²) in [6, 6.07) is 0. The minimum Gasteiger partial charge on any atom is -1.00 e. The van der Waals surface area contributed by atoms with Crippen LogP contribution in [0.25, 0.3) is 0 Å². The molecule has 0 rings (SSSR count). The number of hydrogen-bond acceptors (Lipinski definition) is 2. The van der Waals surface area contributed by atoms with Gasteiger partial charge in [-0.25, -0.2) is 4.79 Å². The average Bonchev–Trinajstić information content (AvgIpc) is 1.80. The first-order valence-electron chi connectivity index (χ1n) is 3.46. The van der Waals surface area contributed by atoms with E-state index in [0.29, 0.717) is 16.8 Å². The highest BCUT2D eigenvalue weighted by Gasteiger charge is 2.10. The number of rotatable bonds is 3. The minimum absolute atomic E-state index is 0. The summed E-state index contributed by atoms with van der Waals surface area (Å²) in [5, 5.41) is 0. The van der Waals surface area contributed by atoms with Crippen molar-refractivity contribution in [2.75, 3.05) is 27.9 Å². The summed E-state index contributed by atoms with van der Waals surface area (Å²) in [4.78, 5) is 10.9. The Kier molecular flexibility index (Phi) is 6.29. The second-order valence-electron chi connectivity index (χ2n) is 3.63. The van der Waals surface area contributed by atoms with Crippen molar-refractivity contribution < 1.29 is 31.0 Å². The number of ether oxygens (including phenoxy) is 1. The van der Waals surface area contributed by atoms with E-state index in [1.165, 1.54) is 0 Å². The lowest BCUT2D eigenvalue weighted by Gasteiger charge is -2.22. The molecule has 0 radical (unpaired) electrons. The highest BCUT2D eigenvalue weighted by Crippen LogP contribution is 1.96.